The molecule has 0 spiro atoms. The minimum atomic E-state index is -0.235. The van der Waals surface area contributed by atoms with Crippen LogP contribution in [0.15, 0.2) is 42.7 Å². The van der Waals surface area contributed by atoms with Crippen LogP contribution in [0.1, 0.15) is 16.1 Å². The summed E-state index contributed by atoms with van der Waals surface area (Å²) in [5.41, 5.74) is 2.91. The molecule has 0 aliphatic carbocycles. The van der Waals surface area contributed by atoms with Crippen LogP contribution in [0, 0.1) is 6.92 Å². The topological polar surface area (TPSA) is 75.1 Å². The van der Waals surface area contributed by atoms with E-state index in [0.29, 0.717) is 16.3 Å². The van der Waals surface area contributed by atoms with E-state index in [-0.39, 0.29) is 5.91 Å². The smallest absolute Gasteiger partial charge is 0.257 e. The summed E-state index contributed by atoms with van der Waals surface area (Å²) in [7, 11) is 5.96. The Morgan fingerprint density at radius 2 is 1.97 bits per heavy atom. The van der Waals surface area contributed by atoms with Gasteiger partial charge in [-0.15, -0.1) is 0 Å². The van der Waals surface area contributed by atoms with Gasteiger partial charge in [0.15, 0.2) is 0 Å². The average molecular weight is 413 g/mol. The number of benzene rings is 1. The van der Waals surface area contributed by atoms with Gasteiger partial charge in [0.1, 0.15) is 11.6 Å². The van der Waals surface area contributed by atoms with Crippen LogP contribution in [0.4, 0.5) is 11.5 Å². The number of nitrogens with one attached hydrogen (secondary N) is 2. The van der Waals surface area contributed by atoms with Gasteiger partial charge in [0, 0.05) is 49.5 Å². The van der Waals surface area contributed by atoms with E-state index in [1.165, 1.54) is 0 Å². The number of halogens is 1. The van der Waals surface area contributed by atoms with Crippen molar-refractivity contribution in [3.05, 3.63) is 59.0 Å². The van der Waals surface area contributed by atoms with Crippen molar-refractivity contribution in [1.82, 2.24) is 19.4 Å². The summed E-state index contributed by atoms with van der Waals surface area (Å²) in [5.74, 6) is 1.25. The zero-order valence-electron chi connectivity index (χ0n) is 17.0. The first-order chi connectivity index (χ1) is 13.8. The molecule has 3 aromatic rings. The Kier molecular flexibility index (Phi) is 6.51. The lowest BCUT2D eigenvalue weighted by Gasteiger charge is -2.11. The van der Waals surface area contributed by atoms with Crippen molar-refractivity contribution in [2.24, 2.45) is 7.05 Å². The highest BCUT2D eigenvalue weighted by Gasteiger charge is 2.13. The molecule has 1 amide bonds. The first-order valence-electron chi connectivity index (χ1n) is 9.29. The fourth-order valence-corrected chi connectivity index (χ4v) is 2.97. The van der Waals surface area contributed by atoms with E-state index < -0.39 is 0 Å². The van der Waals surface area contributed by atoms with Crippen molar-refractivity contribution in [3.63, 3.8) is 0 Å². The van der Waals surface area contributed by atoms with Gasteiger partial charge in [-0.05, 0) is 51.4 Å². The van der Waals surface area contributed by atoms with Crippen LogP contribution in [0.2, 0.25) is 5.02 Å². The maximum Gasteiger partial charge on any atom is 0.257 e. The number of rotatable bonds is 7. The molecule has 0 aliphatic rings. The molecule has 0 aliphatic heterocycles. The minimum absolute atomic E-state index is 0.235. The van der Waals surface area contributed by atoms with Crippen LogP contribution in [-0.4, -0.2) is 52.5 Å². The standard InChI is InChI=1S/C21H25ClN6O/c1-14-12-25-20(28(14)4)17-11-16(6-7-18(17)22)26-21(29)15-5-8-19(24-13-15)23-9-10-27(2)3/h5-8,11-13H,9-10H2,1-4H3,(H,23,24)(H,26,29). The normalized spacial score (nSPS) is 11.0. The number of carbonyl (C=O) groups is 1. The number of likely N-dealkylation sites (N-methyl/N-ethyl adjacent to an activating group) is 1. The number of carbonyl (C=O) groups excluding carboxylic acids is 1. The lowest BCUT2D eigenvalue weighted by Crippen LogP contribution is -2.21. The van der Waals surface area contributed by atoms with Crippen molar-refractivity contribution >= 4 is 29.0 Å². The molecule has 2 heterocycles. The average Bonchev–Trinajstić information content (AvgIpc) is 3.02. The van der Waals surface area contributed by atoms with E-state index in [1.807, 2.05) is 38.7 Å². The number of imidazole rings is 1. The van der Waals surface area contributed by atoms with Crippen molar-refractivity contribution in [3.8, 4) is 11.4 Å². The van der Waals surface area contributed by atoms with E-state index in [9.17, 15) is 4.79 Å². The molecular formula is C21H25ClN6O. The molecular weight excluding hydrogens is 388 g/mol. The molecule has 29 heavy (non-hydrogen) atoms. The minimum Gasteiger partial charge on any atom is -0.369 e. The zero-order chi connectivity index (χ0) is 21.0. The van der Waals surface area contributed by atoms with Crippen LogP contribution in [0.25, 0.3) is 11.4 Å². The van der Waals surface area contributed by atoms with Gasteiger partial charge in [0.25, 0.3) is 5.91 Å². The van der Waals surface area contributed by atoms with Crippen LogP contribution in [0.5, 0.6) is 0 Å². The van der Waals surface area contributed by atoms with Crippen LogP contribution >= 0.6 is 11.6 Å². The van der Waals surface area contributed by atoms with E-state index in [1.54, 1.807) is 36.7 Å². The second kappa shape index (κ2) is 9.07. The number of anilines is 2. The number of hydrogen-bond acceptors (Lipinski definition) is 5. The van der Waals surface area contributed by atoms with Gasteiger partial charge >= 0.3 is 0 Å². The molecule has 3 rings (SSSR count). The quantitative estimate of drug-likeness (QED) is 0.619. The Bertz CT molecular complexity index is 997. The Balaban J connectivity index is 1.71. The van der Waals surface area contributed by atoms with Crippen LogP contribution in [0.3, 0.4) is 0 Å². The third-order valence-electron chi connectivity index (χ3n) is 4.58. The molecule has 2 N–H and O–H groups in total. The van der Waals surface area contributed by atoms with E-state index in [2.05, 4.69) is 25.5 Å². The fourth-order valence-electron chi connectivity index (χ4n) is 2.76. The van der Waals surface area contributed by atoms with Crippen LogP contribution in [-0.2, 0) is 7.05 Å². The van der Waals surface area contributed by atoms with E-state index in [4.69, 9.17) is 11.6 Å². The van der Waals surface area contributed by atoms with Gasteiger partial charge in [0.05, 0.1) is 10.6 Å². The molecule has 1 aromatic carbocycles. The largest absolute Gasteiger partial charge is 0.369 e. The summed E-state index contributed by atoms with van der Waals surface area (Å²) >= 11 is 6.36. The molecule has 0 saturated carbocycles. The number of aromatic nitrogens is 3. The summed E-state index contributed by atoms with van der Waals surface area (Å²) < 4.78 is 1.96. The molecule has 7 nitrogen and oxygen atoms in total. The summed E-state index contributed by atoms with van der Waals surface area (Å²) in [6, 6.07) is 8.90. The number of aryl methyl sites for hydroxylation is 1. The molecule has 0 unspecified atom stereocenters. The summed E-state index contributed by atoms with van der Waals surface area (Å²) in [6.45, 7) is 3.66. The highest BCUT2D eigenvalue weighted by atomic mass is 35.5. The van der Waals surface area contributed by atoms with Crippen molar-refractivity contribution < 1.29 is 4.79 Å². The zero-order valence-corrected chi connectivity index (χ0v) is 17.8. The second-order valence-corrected chi connectivity index (χ2v) is 7.50. The molecule has 0 saturated heterocycles. The Morgan fingerprint density at radius 3 is 2.59 bits per heavy atom. The third-order valence-corrected chi connectivity index (χ3v) is 4.91. The monoisotopic (exact) mass is 412 g/mol. The predicted octanol–water partition coefficient (Wildman–Crippen LogP) is 3.67. The summed E-state index contributed by atoms with van der Waals surface area (Å²) in [6.07, 6.45) is 3.35. The lowest BCUT2D eigenvalue weighted by atomic mass is 10.1. The maximum atomic E-state index is 12.6. The molecule has 0 bridgehead atoms. The van der Waals surface area contributed by atoms with Gasteiger partial charge in [-0.3, -0.25) is 4.79 Å². The number of nitrogens with zero attached hydrogens (tertiary/aromatic N) is 4. The third kappa shape index (κ3) is 5.13. The lowest BCUT2D eigenvalue weighted by molar-refractivity contribution is 0.102. The Morgan fingerprint density at radius 1 is 1.17 bits per heavy atom. The second-order valence-electron chi connectivity index (χ2n) is 7.09. The molecule has 0 radical (unpaired) electrons. The molecule has 0 fully saturated rings. The van der Waals surface area contributed by atoms with Gasteiger partial charge in [-0.2, -0.15) is 0 Å². The number of hydrogen-bond donors (Lipinski definition) is 2. The predicted molar refractivity (Wildman–Crippen MR) is 118 cm³/mol. The first kappa shape index (κ1) is 20.8. The molecule has 0 atom stereocenters. The fraction of sp³-hybridized carbons (Fsp3) is 0.286. The SMILES string of the molecule is Cc1cnc(-c2cc(NC(=O)c3ccc(NCCN(C)C)nc3)ccc2Cl)n1C. The van der Waals surface area contributed by atoms with Crippen LogP contribution < -0.4 is 10.6 Å². The summed E-state index contributed by atoms with van der Waals surface area (Å²) in [5, 5.41) is 6.70. The Hall–Kier alpha value is -2.90. The molecule has 8 heteroatoms. The number of amides is 1. The van der Waals surface area contributed by atoms with Crippen molar-refractivity contribution in [2.75, 3.05) is 37.8 Å². The molecule has 152 valence electrons. The first-order valence-corrected chi connectivity index (χ1v) is 9.67. The highest BCUT2D eigenvalue weighted by Crippen LogP contribution is 2.30. The van der Waals surface area contributed by atoms with Gasteiger partial charge in [-0.1, -0.05) is 11.6 Å². The maximum absolute atomic E-state index is 12.6. The Labute approximate surface area is 175 Å². The van der Waals surface area contributed by atoms with Gasteiger partial charge < -0.3 is 20.1 Å². The van der Waals surface area contributed by atoms with E-state index in [0.717, 1.165) is 36.0 Å². The highest BCUT2D eigenvalue weighted by molar-refractivity contribution is 6.33. The number of pyridine rings is 1. The van der Waals surface area contributed by atoms with Gasteiger partial charge in [-0.25, -0.2) is 9.97 Å². The van der Waals surface area contributed by atoms with Gasteiger partial charge in [0.2, 0.25) is 0 Å². The van der Waals surface area contributed by atoms with E-state index >= 15 is 0 Å². The molecule has 2 aromatic heterocycles. The summed E-state index contributed by atoms with van der Waals surface area (Å²) in [4.78, 5) is 23.4. The van der Waals surface area contributed by atoms with Crippen molar-refractivity contribution in [1.29, 1.82) is 0 Å². The van der Waals surface area contributed by atoms with Crippen molar-refractivity contribution in [2.45, 2.75) is 6.92 Å².